The quantitative estimate of drug-likeness (QED) is 0.485. The molecule has 1 aliphatic carbocycles. The van der Waals surface area contributed by atoms with Gasteiger partial charge in [-0.05, 0) is 25.7 Å². The summed E-state index contributed by atoms with van der Waals surface area (Å²) in [4.78, 5) is 0. The number of hydrogen-bond acceptors (Lipinski definition) is 2. The Morgan fingerprint density at radius 2 is 2.20 bits per heavy atom. The van der Waals surface area contributed by atoms with Crippen LogP contribution >= 0.6 is 0 Å². The third-order valence-electron chi connectivity index (χ3n) is 1.72. The van der Waals surface area contributed by atoms with Gasteiger partial charge in [-0.25, -0.2) is 8.42 Å². The van der Waals surface area contributed by atoms with Gasteiger partial charge < -0.3 is 0 Å². The van der Waals surface area contributed by atoms with Gasteiger partial charge in [-0.1, -0.05) is 11.6 Å². The van der Waals surface area contributed by atoms with Gasteiger partial charge in [0.05, 0.1) is 5.75 Å². The monoisotopic (exact) mass is 160 g/mol. The summed E-state index contributed by atoms with van der Waals surface area (Å²) in [6, 6.07) is 0. The average molecular weight is 160 g/mol. The second kappa shape index (κ2) is 3.76. The Hall–Kier alpha value is -0.310. The zero-order valence-corrected chi connectivity index (χ0v) is 6.77. The highest BCUT2D eigenvalue weighted by Crippen LogP contribution is 2.16. The van der Waals surface area contributed by atoms with E-state index >= 15 is 0 Å². The van der Waals surface area contributed by atoms with E-state index in [1.807, 2.05) is 0 Å². The van der Waals surface area contributed by atoms with Crippen molar-refractivity contribution in [2.45, 2.75) is 25.7 Å². The fourth-order valence-corrected chi connectivity index (χ4v) is 1.83. The third-order valence-corrected chi connectivity index (χ3v) is 2.38. The molecule has 0 unspecified atom stereocenters. The second-order valence-electron chi connectivity index (χ2n) is 2.60. The lowest BCUT2D eigenvalue weighted by Gasteiger charge is -2.08. The molecule has 2 nitrogen and oxygen atoms in total. The van der Waals surface area contributed by atoms with Gasteiger partial charge in [0, 0.05) is 0 Å². The molecule has 0 heterocycles. The second-order valence-corrected chi connectivity index (χ2v) is 3.58. The van der Waals surface area contributed by atoms with Crippen LogP contribution in [0.15, 0.2) is 11.6 Å². The molecule has 0 amide bonds. The molecule has 0 saturated carbocycles. The Morgan fingerprint density at radius 3 is 2.70 bits per heavy atom. The predicted molar refractivity (Wildman–Crippen MR) is 41.7 cm³/mol. The Bertz CT molecular complexity index is 196. The first-order valence-corrected chi connectivity index (χ1v) is 4.95. The van der Waals surface area contributed by atoms with Crippen LogP contribution in [0.25, 0.3) is 0 Å². The van der Waals surface area contributed by atoms with E-state index in [-0.39, 0.29) is 5.75 Å². The highest BCUT2D eigenvalue weighted by atomic mass is 32.2. The summed E-state index contributed by atoms with van der Waals surface area (Å²) in [6.07, 6.45) is 6.50. The number of hydrogen-bond donors (Lipinski definition) is 1. The molecule has 58 valence electrons. The average Bonchev–Trinajstić information content (AvgIpc) is 1.88. The van der Waals surface area contributed by atoms with Crippen molar-refractivity contribution in [2.24, 2.45) is 0 Å². The molecule has 0 radical (unpaired) electrons. The van der Waals surface area contributed by atoms with E-state index in [1.54, 1.807) is 0 Å². The Kier molecular flexibility index (Phi) is 2.93. The molecule has 3 heteroatoms. The number of rotatable bonds is 2. The van der Waals surface area contributed by atoms with Crippen LogP contribution < -0.4 is 0 Å². The number of thiol groups is 1. The Balaban J connectivity index is 2.46. The number of allylic oxidation sites excluding steroid dienone is 1. The molecule has 0 aromatic heterocycles. The molecular weight excluding hydrogens is 148 g/mol. The van der Waals surface area contributed by atoms with Gasteiger partial charge >= 0.3 is 0 Å². The summed E-state index contributed by atoms with van der Waals surface area (Å²) in [5, 5.41) is 0. The summed E-state index contributed by atoms with van der Waals surface area (Å²) >= 11 is 0. The predicted octanol–water partition coefficient (Wildman–Crippen LogP) is 1.10. The van der Waals surface area contributed by atoms with Gasteiger partial charge in [0.25, 0.3) is 0 Å². The standard InChI is InChI=1S/C7H12O2S/c8-10(9)6-7-4-2-1-3-5-7/h4,10H,1-3,5-6H2. The summed E-state index contributed by atoms with van der Waals surface area (Å²) in [6.45, 7) is 0. The minimum absolute atomic E-state index is 0.287. The van der Waals surface area contributed by atoms with Gasteiger partial charge in [0.1, 0.15) is 10.7 Å². The van der Waals surface area contributed by atoms with E-state index in [9.17, 15) is 8.42 Å². The lowest BCUT2D eigenvalue weighted by atomic mass is 10.0. The first kappa shape index (κ1) is 7.79. The molecule has 0 bridgehead atoms. The van der Waals surface area contributed by atoms with E-state index in [4.69, 9.17) is 0 Å². The third kappa shape index (κ3) is 2.52. The topological polar surface area (TPSA) is 34.1 Å². The van der Waals surface area contributed by atoms with Crippen molar-refractivity contribution >= 4 is 10.7 Å². The van der Waals surface area contributed by atoms with Gasteiger partial charge in [0.2, 0.25) is 0 Å². The molecule has 0 atom stereocenters. The van der Waals surface area contributed by atoms with Crippen LogP contribution in [0, 0.1) is 0 Å². The molecular formula is C7H12O2S. The van der Waals surface area contributed by atoms with Crippen LogP contribution in [0.3, 0.4) is 0 Å². The van der Waals surface area contributed by atoms with Crippen molar-refractivity contribution in [1.82, 2.24) is 0 Å². The van der Waals surface area contributed by atoms with Crippen molar-refractivity contribution < 1.29 is 8.42 Å². The van der Waals surface area contributed by atoms with E-state index in [0.29, 0.717) is 0 Å². The maximum Gasteiger partial charge on any atom is 0.143 e. The van der Waals surface area contributed by atoms with E-state index in [1.165, 1.54) is 6.42 Å². The molecule has 0 aliphatic heterocycles. The molecule has 0 spiro atoms. The van der Waals surface area contributed by atoms with Crippen molar-refractivity contribution in [3.8, 4) is 0 Å². The smallest absolute Gasteiger partial charge is 0.143 e. The lowest BCUT2D eigenvalue weighted by Crippen LogP contribution is -1.97. The summed E-state index contributed by atoms with van der Waals surface area (Å²) < 4.78 is 20.5. The fraction of sp³-hybridized carbons (Fsp3) is 0.714. The van der Waals surface area contributed by atoms with E-state index in [0.717, 1.165) is 24.8 Å². The Labute approximate surface area is 62.9 Å². The van der Waals surface area contributed by atoms with Gasteiger partial charge in [-0.3, -0.25) is 0 Å². The maximum atomic E-state index is 10.3. The molecule has 0 N–H and O–H groups in total. The highest BCUT2D eigenvalue weighted by Gasteiger charge is 2.03. The van der Waals surface area contributed by atoms with E-state index in [2.05, 4.69) is 6.08 Å². The van der Waals surface area contributed by atoms with E-state index < -0.39 is 10.7 Å². The minimum Gasteiger partial charge on any atom is -0.232 e. The van der Waals surface area contributed by atoms with Gasteiger partial charge in [-0.2, -0.15) is 0 Å². The molecule has 0 aromatic carbocycles. The molecule has 0 saturated heterocycles. The van der Waals surface area contributed by atoms with Crippen LogP contribution in [-0.4, -0.2) is 14.2 Å². The van der Waals surface area contributed by atoms with Crippen molar-refractivity contribution in [2.75, 3.05) is 5.75 Å². The zero-order valence-electron chi connectivity index (χ0n) is 5.88. The van der Waals surface area contributed by atoms with Crippen LogP contribution in [0.1, 0.15) is 25.7 Å². The van der Waals surface area contributed by atoms with Crippen molar-refractivity contribution in [3.05, 3.63) is 11.6 Å². The SMILES string of the molecule is O=[SH](=O)CC1=CCCCC1. The van der Waals surface area contributed by atoms with Gasteiger partial charge in [-0.15, -0.1) is 0 Å². The highest BCUT2D eigenvalue weighted by molar-refractivity contribution is 7.72. The largest absolute Gasteiger partial charge is 0.232 e. The van der Waals surface area contributed by atoms with Crippen LogP contribution in [0.4, 0.5) is 0 Å². The summed E-state index contributed by atoms with van der Waals surface area (Å²) in [7, 11) is -2.19. The Morgan fingerprint density at radius 1 is 1.40 bits per heavy atom. The summed E-state index contributed by atoms with van der Waals surface area (Å²) in [5.41, 5.74) is 1.11. The maximum absolute atomic E-state index is 10.3. The molecule has 10 heavy (non-hydrogen) atoms. The first-order chi connectivity index (χ1) is 4.79. The zero-order chi connectivity index (χ0) is 7.40. The first-order valence-electron chi connectivity index (χ1n) is 3.59. The molecule has 0 aromatic rings. The minimum atomic E-state index is -2.19. The molecule has 1 rings (SSSR count). The fourth-order valence-electron chi connectivity index (χ4n) is 1.21. The summed E-state index contributed by atoms with van der Waals surface area (Å²) in [5.74, 6) is 0.287. The van der Waals surface area contributed by atoms with Crippen LogP contribution in [0.5, 0.6) is 0 Å². The van der Waals surface area contributed by atoms with Gasteiger partial charge in [0.15, 0.2) is 0 Å². The van der Waals surface area contributed by atoms with Crippen molar-refractivity contribution in [1.29, 1.82) is 0 Å². The normalized spacial score (nSPS) is 19.1. The molecule has 1 aliphatic rings. The lowest BCUT2D eigenvalue weighted by molar-refractivity contribution is 0.613. The molecule has 0 fully saturated rings. The van der Waals surface area contributed by atoms with Crippen LogP contribution in [-0.2, 0) is 10.7 Å². The van der Waals surface area contributed by atoms with Crippen LogP contribution in [0.2, 0.25) is 0 Å². The van der Waals surface area contributed by atoms with Crippen molar-refractivity contribution in [3.63, 3.8) is 0 Å².